The largest absolute Gasteiger partial charge is 0.383 e. The van der Waals surface area contributed by atoms with E-state index in [1.54, 1.807) is 16.0 Å². The zero-order chi connectivity index (χ0) is 11.0. The second-order valence-corrected chi connectivity index (χ2v) is 5.88. The summed E-state index contributed by atoms with van der Waals surface area (Å²) in [6, 6.07) is 2.08. The number of aromatic nitrogens is 2. The van der Waals surface area contributed by atoms with Crippen molar-refractivity contribution in [3.8, 4) is 0 Å². The topological polar surface area (TPSA) is 43.8 Å². The Morgan fingerprint density at radius 1 is 1.53 bits per heavy atom. The van der Waals surface area contributed by atoms with Crippen molar-refractivity contribution in [2.75, 3.05) is 5.73 Å². The average molecular weight is 351 g/mol. The van der Waals surface area contributed by atoms with Gasteiger partial charge in [-0.1, -0.05) is 0 Å². The Bertz CT molecular complexity index is 490. The minimum absolute atomic E-state index is 0.678. The lowest BCUT2D eigenvalue weighted by atomic mass is 10.4. The molecule has 80 valence electrons. The van der Waals surface area contributed by atoms with Crippen LogP contribution in [0.25, 0.3) is 0 Å². The van der Waals surface area contributed by atoms with E-state index < -0.39 is 0 Å². The van der Waals surface area contributed by atoms with Crippen LogP contribution in [0.1, 0.15) is 10.6 Å². The lowest BCUT2D eigenvalue weighted by Gasteiger charge is -2.00. The summed E-state index contributed by atoms with van der Waals surface area (Å²) < 4.78 is 3.79. The van der Waals surface area contributed by atoms with Gasteiger partial charge in [0.05, 0.1) is 16.7 Å². The maximum absolute atomic E-state index is 5.90. The van der Waals surface area contributed by atoms with E-state index in [9.17, 15) is 0 Å². The fourth-order valence-electron chi connectivity index (χ4n) is 1.28. The highest BCUT2D eigenvalue weighted by atomic mass is 79.9. The molecule has 0 atom stereocenters. The molecular formula is C9H9Br2N3S. The van der Waals surface area contributed by atoms with Crippen LogP contribution in [0.3, 0.4) is 0 Å². The van der Waals surface area contributed by atoms with Gasteiger partial charge < -0.3 is 5.73 Å². The number of halogens is 2. The predicted molar refractivity (Wildman–Crippen MR) is 70.2 cm³/mol. The molecular weight excluding hydrogens is 342 g/mol. The first-order chi connectivity index (χ1) is 7.08. The second kappa shape index (κ2) is 4.27. The molecule has 2 N–H and O–H groups in total. The molecule has 0 unspecified atom stereocenters. The van der Waals surface area contributed by atoms with Gasteiger partial charge in [0.1, 0.15) is 5.82 Å². The van der Waals surface area contributed by atoms with Crippen molar-refractivity contribution in [1.29, 1.82) is 0 Å². The molecule has 0 aliphatic rings. The second-order valence-electron chi connectivity index (χ2n) is 3.17. The molecule has 0 bridgehead atoms. The molecule has 0 radical (unpaired) electrons. The number of aryl methyl sites for hydroxylation is 1. The van der Waals surface area contributed by atoms with Gasteiger partial charge in [-0.15, -0.1) is 11.3 Å². The molecule has 0 saturated heterocycles. The van der Waals surface area contributed by atoms with E-state index in [1.165, 1.54) is 4.88 Å². The van der Waals surface area contributed by atoms with E-state index in [4.69, 9.17) is 5.73 Å². The van der Waals surface area contributed by atoms with E-state index in [0.29, 0.717) is 12.4 Å². The molecule has 15 heavy (non-hydrogen) atoms. The van der Waals surface area contributed by atoms with Crippen molar-refractivity contribution >= 4 is 49.0 Å². The first kappa shape index (κ1) is 11.2. The summed E-state index contributed by atoms with van der Waals surface area (Å²) in [5.41, 5.74) is 6.82. The normalized spacial score (nSPS) is 10.9. The van der Waals surface area contributed by atoms with Crippen LogP contribution in [0, 0.1) is 6.92 Å². The highest BCUT2D eigenvalue weighted by Crippen LogP contribution is 2.26. The third-order valence-corrected chi connectivity index (χ3v) is 4.68. The summed E-state index contributed by atoms with van der Waals surface area (Å²) in [6.07, 6.45) is 0. The van der Waals surface area contributed by atoms with Crippen molar-refractivity contribution in [3.05, 3.63) is 31.0 Å². The number of rotatable bonds is 2. The molecule has 0 aliphatic carbocycles. The fourth-order valence-corrected chi connectivity index (χ4v) is 3.00. The Morgan fingerprint density at radius 2 is 2.27 bits per heavy atom. The number of hydrogen-bond acceptors (Lipinski definition) is 3. The molecule has 2 rings (SSSR count). The number of hydrogen-bond donors (Lipinski definition) is 1. The Morgan fingerprint density at radius 3 is 2.73 bits per heavy atom. The van der Waals surface area contributed by atoms with Gasteiger partial charge in [0.15, 0.2) is 0 Å². The summed E-state index contributed by atoms with van der Waals surface area (Å²) in [6.45, 7) is 2.65. The number of nitrogens with zero attached hydrogens (tertiary/aromatic N) is 2. The average Bonchev–Trinajstić information content (AvgIpc) is 2.68. The standard InChI is InChI=1S/C9H9Br2N3S/c1-5-8(11)9(12)14(13-5)3-7-2-6(10)4-15-7/h2,4H,3,12H2,1H3. The molecule has 0 aromatic carbocycles. The van der Waals surface area contributed by atoms with Crippen LogP contribution in [0.4, 0.5) is 5.82 Å². The maximum atomic E-state index is 5.90. The van der Waals surface area contributed by atoms with Gasteiger partial charge in [-0.25, -0.2) is 4.68 Å². The molecule has 2 aromatic heterocycles. The molecule has 3 nitrogen and oxygen atoms in total. The highest BCUT2D eigenvalue weighted by Gasteiger charge is 2.10. The molecule has 6 heteroatoms. The number of thiophene rings is 1. The molecule has 0 aliphatic heterocycles. The highest BCUT2D eigenvalue weighted by molar-refractivity contribution is 9.11. The summed E-state index contributed by atoms with van der Waals surface area (Å²) in [7, 11) is 0. The summed E-state index contributed by atoms with van der Waals surface area (Å²) in [5.74, 6) is 0.678. The summed E-state index contributed by atoms with van der Waals surface area (Å²) >= 11 is 8.52. The van der Waals surface area contributed by atoms with Gasteiger partial charge in [-0.2, -0.15) is 5.10 Å². The van der Waals surface area contributed by atoms with Crippen LogP contribution < -0.4 is 5.73 Å². The van der Waals surface area contributed by atoms with Crippen molar-refractivity contribution in [1.82, 2.24) is 9.78 Å². The van der Waals surface area contributed by atoms with Gasteiger partial charge in [0.25, 0.3) is 0 Å². The first-order valence-corrected chi connectivity index (χ1v) is 6.76. The van der Waals surface area contributed by atoms with Crippen molar-refractivity contribution < 1.29 is 0 Å². The third-order valence-electron chi connectivity index (χ3n) is 2.02. The zero-order valence-corrected chi connectivity index (χ0v) is 12.0. The molecule has 0 fully saturated rings. The maximum Gasteiger partial charge on any atom is 0.136 e. The quantitative estimate of drug-likeness (QED) is 0.901. The van der Waals surface area contributed by atoms with Gasteiger partial charge in [-0.05, 0) is 44.8 Å². The lowest BCUT2D eigenvalue weighted by molar-refractivity contribution is 0.697. The monoisotopic (exact) mass is 349 g/mol. The number of nitrogen functional groups attached to an aromatic ring is 1. The fraction of sp³-hybridized carbons (Fsp3) is 0.222. The van der Waals surface area contributed by atoms with E-state index >= 15 is 0 Å². The smallest absolute Gasteiger partial charge is 0.136 e. The number of anilines is 1. The molecule has 2 heterocycles. The Labute approximate surface area is 109 Å². The number of nitrogens with two attached hydrogens (primary N) is 1. The van der Waals surface area contributed by atoms with Crippen LogP contribution in [0.15, 0.2) is 20.4 Å². The Balaban J connectivity index is 2.28. The van der Waals surface area contributed by atoms with Crippen LogP contribution in [-0.4, -0.2) is 9.78 Å². The minimum Gasteiger partial charge on any atom is -0.383 e. The van der Waals surface area contributed by atoms with Crippen LogP contribution in [0.2, 0.25) is 0 Å². The molecule has 0 amide bonds. The van der Waals surface area contributed by atoms with E-state index in [2.05, 4.69) is 48.4 Å². The van der Waals surface area contributed by atoms with Crippen molar-refractivity contribution in [2.24, 2.45) is 0 Å². The molecule has 0 spiro atoms. The first-order valence-electron chi connectivity index (χ1n) is 4.29. The van der Waals surface area contributed by atoms with Crippen LogP contribution in [0.5, 0.6) is 0 Å². The Kier molecular flexibility index (Phi) is 3.18. The van der Waals surface area contributed by atoms with E-state index in [1.807, 2.05) is 6.92 Å². The van der Waals surface area contributed by atoms with Crippen LogP contribution in [-0.2, 0) is 6.54 Å². The molecule has 0 saturated carbocycles. The summed E-state index contributed by atoms with van der Waals surface area (Å²) in [4.78, 5) is 1.23. The van der Waals surface area contributed by atoms with E-state index in [-0.39, 0.29) is 0 Å². The van der Waals surface area contributed by atoms with Crippen LogP contribution >= 0.6 is 43.2 Å². The van der Waals surface area contributed by atoms with E-state index in [0.717, 1.165) is 14.6 Å². The minimum atomic E-state index is 0.678. The zero-order valence-electron chi connectivity index (χ0n) is 8.00. The predicted octanol–water partition coefficient (Wildman–Crippen LogP) is 3.41. The Hall–Kier alpha value is -0.330. The van der Waals surface area contributed by atoms with Crippen molar-refractivity contribution in [2.45, 2.75) is 13.5 Å². The van der Waals surface area contributed by atoms with Gasteiger partial charge in [0.2, 0.25) is 0 Å². The lowest BCUT2D eigenvalue weighted by Crippen LogP contribution is -2.04. The van der Waals surface area contributed by atoms with Gasteiger partial charge >= 0.3 is 0 Å². The van der Waals surface area contributed by atoms with Crippen molar-refractivity contribution in [3.63, 3.8) is 0 Å². The van der Waals surface area contributed by atoms with Gasteiger partial charge in [0, 0.05) is 14.7 Å². The van der Waals surface area contributed by atoms with Gasteiger partial charge in [-0.3, -0.25) is 0 Å². The SMILES string of the molecule is Cc1nn(Cc2cc(Br)cs2)c(N)c1Br. The molecule has 2 aromatic rings. The third kappa shape index (κ3) is 2.26. The summed E-state index contributed by atoms with van der Waals surface area (Å²) in [5, 5.41) is 6.40.